The third-order valence-electron chi connectivity index (χ3n) is 7.77. The van der Waals surface area contributed by atoms with Crippen molar-refractivity contribution in [2.75, 3.05) is 12.4 Å². The predicted octanol–water partition coefficient (Wildman–Crippen LogP) is 4.42. The number of carbonyl (C=O) groups excluding carboxylic acids is 3. The maximum atomic E-state index is 13.5. The molecule has 0 aromatic heterocycles. The van der Waals surface area contributed by atoms with Crippen molar-refractivity contribution in [3.63, 3.8) is 0 Å². The second-order valence-corrected chi connectivity index (χ2v) is 10.9. The molecule has 1 aliphatic rings. The van der Waals surface area contributed by atoms with Crippen molar-refractivity contribution in [3.05, 3.63) is 107 Å². The monoisotopic (exact) mass is 558 g/mol. The summed E-state index contributed by atoms with van der Waals surface area (Å²) >= 11 is 4.28. The molecule has 2 amide bonds. The lowest BCUT2D eigenvalue weighted by atomic mass is 9.93. The zero-order chi connectivity index (χ0) is 28.5. The molecule has 7 heteroatoms. The van der Waals surface area contributed by atoms with Crippen molar-refractivity contribution in [2.45, 2.75) is 63.0 Å². The molecule has 2 N–H and O–H groups in total. The average Bonchev–Trinajstić information content (AvgIpc) is 3.79. The molecule has 40 heavy (non-hydrogen) atoms. The number of rotatable bonds is 14. The van der Waals surface area contributed by atoms with Crippen LogP contribution in [-0.4, -0.2) is 52.2 Å². The highest BCUT2D eigenvalue weighted by Gasteiger charge is 2.52. The summed E-state index contributed by atoms with van der Waals surface area (Å²) in [6.07, 6.45) is 1.96. The summed E-state index contributed by atoms with van der Waals surface area (Å²) in [6, 6.07) is 26.3. The Hall–Kier alpha value is -3.42. The zero-order valence-electron chi connectivity index (χ0n) is 23.0. The highest BCUT2D eigenvalue weighted by molar-refractivity contribution is 7.80. The van der Waals surface area contributed by atoms with Crippen LogP contribution in [0.15, 0.2) is 84.9 Å². The van der Waals surface area contributed by atoms with Crippen LogP contribution in [0.1, 0.15) is 47.9 Å². The third kappa shape index (κ3) is 7.40. The number of thiol groups is 1. The van der Waals surface area contributed by atoms with Gasteiger partial charge in [-0.2, -0.15) is 12.6 Å². The Kier molecular flexibility index (Phi) is 10.2. The minimum atomic E-state index is -1.53. The molecule has 0 radical (unpaired) electrons. The van der Waals surface area contributed by atoms with E-state index in [1.54, 1.807) is 0 Å². The molecule has 1 aliphatic carbocycles. The number of hydrogen-bond donors (Lipinski definition) is 3. The first-order valence-electron chi connectivity index (χ1n) is 13.9. The van der Waals surface area contributed by atoms with Crippen LogP contribution in [0.25, 0.3) is 0 Å². The van der Waals surface area contributed by atoms with Crippen molar-refractivity contribution in [1.82, 2.24) is 10.2 Å². The summed E-state index contributed by atoms with van der Waals surface area (Å²) in [4.78, 5) is 41.0. The highest BCUT2D eigenvalue weighted by Crippen LogP contribution is 2.48. The van der Waals surface area contributed by atoms with Gasteiger partial charge in [0.25, 0.3) is 5.91 Å². The van der Waals surface area contributed by atoms with Crippen molar-refractivity contribution in [2.24, 2.45) is 0 Å². The topological polar surface area (TPSA) is 86.7 Å². The summed E-state index contributed by atoms with van der Waals surface area (Å²) in [7, 11) is 0. The van der Waals surface area contributed by atoms with E-state index in [4.69, 9.17) is 0 Å². The Morgan fingerprint density at radius 3 is 2.20 bits per heavy atom. The van der Waals surface area contributed by atoms with E-state index in [2.05, 4.69) is 37.0 Å². The quantitative estimate of drug-likeness (QED) is 0.202. The van der Waals surface area contributed by atoms with Crippen molar-refractivity contribution in [1.29, 1.82) is 0 Å². The number of carbonyl (C=O) groups is 3. The van der Waals surface area contributed by atoms with Crippen LogP contribution in [0.3, 0.4) is 0 Å². The highest BCUT2D eigenvalue weighted by atomic mass is 32.1. The molecule has 1 fully saturated rings. The summed E-state index contributed by atoms with van der Waals surface area (Å²) in [5, 5.41) is 14.3. The number of hydrogen-bond acceptors (Lipinski definition) is 5. The number of aryl methyl sites for hydroxylation is 2. The lowest BCUT2D eigenvalue weighted by molar-refractivity contribution is -0.144. The van der Waals surface area contributed by atoms with Gasteiger partial charge in [-0.05, 0) is 61.3 Å². The molecule has 0 heterocycles. The molecule has 6 nitrogen and oxygen atoms in total. The Morgan fingerprint density at radius 2 is 1.57 bits per heavy atom. The van der Waals surface area contributed by atoms with Crippen LogP contribution in [0.5, 0.6) is 0 Å². The molecule has 0 aliphatic heterocycles. The number of aliphatic hydroxyl groups is 1. The number of aliphatic hydroxyl groups excluding tert-OH is 1. The lowest BCUT2D eigenvalue weighted by Crippen LogP contribution is -2.55. The number of amides is 2. The third-order valence-corrected chi connectivity index (χ3v) is 8.11. The van der Waals surface area contributed by atoms with Gasteiger partial charge in [0.05, 0.1) is 23.9 Å². The first-order chi connectivity index (χ1) is 19.3. The zero-order valence-corrected chi connectivity index (χ0v) is 23.9. The lowest BCUT2D eigenvalue weighted by Gasteiger charge is -2.30. The summed E-state index contributed by atoms with van der Waals surface area (Å²) in [5.41, 5.74) is 3.57. The van der Waals surface area contributed by atoms with Crippen LogP contribution < -0.4 is 5.32 Å². The standard InChI is InChI=1S/C33H38N2O4S/c1-24-11-8-9-14-26(24)15-10-18-28(36)22-35(23-40)31(38)30(37)29(21-25-12-4-2-5-13-25)34-32(39)33(19-20-33)27-16-6-3-7-17-27/h2-9,11-14,16-17,29-30,37,40H,10,15,18-23H2,1H3,(H,34,39)/t29?,30-/m0/s1. The first-order valence-corrected chi connectivity index (χ1v) is 14.5. The van der Waals surface area contributed by atoms with Gasteiger partial charge in [-0.1, -0.05) is 84.9 Å². The molecule has 0 bridgehead atoms. The Balaban J connectivity index is 1.41. The molecular weight excluding hydrogens is 520 g/mol. The van der Waals surface area contributed by atoms with Gasteiger partial charge in [0, 0.05) is 6.42 Å². The second-order valence-electron chi connectivity index (χ2n) is 10.7. The molecule has 1 saturated carbocycles. The van der Waals surface area contributed by atoms with Crippen LogP contribution in [-0.2, 0) is 32.6 Å². The molecule has 1 unspecified atom stereocenters. The van der Waals surface area contributed by atoms with Gasteiger partial charge < -0.3 is 15.3 Å². The second kappa shape index (κ2) is 13.8. The van der Waals surface area contributed by atoms with Gasteiger partial charge in [0.15, 0.2) is 11.9 Å². The molecule has 0 spiro atoms. The fourth-order valence-corrected chi connectivity index (χ4v) is 5.40. The number of benzene rings is 3. The van der Waals surface area contributed by atoms with E-state index in [-0.39, 0.29) is 30.5 Å². The Bertz CT molecular complexity index is 1290. The minimum absolute atomic E-state index is 0.0145. The normalized spacial score (nSPS) is 15.1. The number of nitrogens with one attached hydrogen (secondary N) is 1. The van der Waals surface area contributed by atoms with Gasteiger partial charge >= 0.3 is 0 Å². The molecule has 0 saturated heterocycles. The first kappa shape index (κ1) is 29.6. The molecule has 3 aromatic rings. The van der Waals surface area contributed by atoms with Crippen LogP contribution in [0, 0.1) is 6.92 Å². The van der Waals surface area contributed by atoms with Gasteiger partial charge in [0.2, 0.25) is 5.91 Å². The van der Waals surface area contributed by atoms with Crippen LogP contribution in [0.2, 0.25) is 0 Å². The van der Waals surface area contributed by atoms with Gasteiger partial charge in [0.1, 0.15) is 0 Å². The Morgan fingerprint density at radius 1 is 0.950 bits per heavy atom. The SMILES string of the molecule is Cc1ccccc1CCCC(=O)CN(CS)C(=O)[C@@H](O)C(Cc1ccccc1)NC(=O)C1(c2ccccc2)CC1. The molecule has 4 rings (SSSR count). The fraction of sp³-hybridized carbons (Fsp3) is 0.364. The Labute approximate surface area is 242 Å². The van der Waals surface area contributed by atoms with E-state index in [0.717, 1.165) is 17.5 Å². The number of ketones is 1. The van der Waals surface area contributed by atoms with Crippen molar-refractivity contribution >= 4 is 30.2 Å². The van der Waals surface area contributed by atoms with E-state index >= 15 is 0 Å². The smallest absolute Gasteiger partial charge is 0.254 e. The molecular formula is C33H38N2O4S. The number of nitrogens with zero attached hydrogens (tertiary/aromatic N) is 1. The largest absolute Gasteiger partial charge is 0.381 e. The van der Waals surface area contributed by atoms with E-state index in [1.807, 2.05) is 72.8 Å². The minimum Gasteiger partial charge on any atom is -0.381 e. The summed E-state index contributed by atoms with van der Waals surface area (Å²) < 4.78 is 0. The molecule has 2 atom stereocenters. The average molecular weight is 559 g/mol. The molecule has 210 valence electrons. The summed E-state index contributed by atoms with van der Waals surface area (Å²) in [6.45, 7) is 1.92. The molecule has 3 aromatic carbocycles. The van der Waals surface area contributed by atoms with E-state index in [0.29, 0.717) is 25.7 Å². The number of Topliss-reactive ketones (excluding diaryl/α,β-unsaturated/α-hetero) is 1. The maximum absolute atomic E-state index is 13.5. The maximum Gasteiger partial charge on any atom is 0.254 e. The van der Waals surface area contributed by atoms with Gasteiger partial charge in [-0.3, -0.25) is 14.4 Å². The predicted molar refractivity (Wildman–Crippen MR) is 160 cm³/mol. The van der Waals surface area contributed by atoms with Gasteiger partial charge in [-0.25, -0.2) is 0 Å². The van der Waals surface area contributed by atoms with Crippen molar-refractivity contribution in [3.8, 4) is 0 Å². The van der Waals surface area contributed by atoms with Crippen LogP contribution >= 0.6 is 12.6 Å². The van der Waals surface area contributed by atoms with E-state index < -0.39 is 23.5 Å². The van der Waals surface area contributed by atoms with Crippen molar-refractivity contribution < 1.29 is 19.5 Å². The van der Waals surface area contributed by atoms with Gasteiger partial charge in [-0.15, -0.1) is 0 Å². The van der Waals surface area contributed by atoms with Crippen LogP contribution in [0.4, 0.5) is 0 Å². The fourth-order valence-electron chi connectivity index (χ4n) is 5.16. The summed E-state index contributed by atoms with van der Waals surface area (Å²) in [5.74, 6) is -0.920. The van der Waals surface area contributed by atoms with E-state index in [9.17, 15) is 19.5 Å². The van der Waals surface area contributed by atoms with E-state index in [1.165, 1.54) is 16.0 Å².